The molecule has 0 N–H and O–H groups in total. The van der Waals surface area contributed by atoms with Crippen molar-refractivity contribution in [2.45, 2.75) is 20.8 Å². The molecule has 2 heteroatoms. The average molecular weight is 242 g/mol. The van der Waals surface area contributed by atoms with Crippen molar-refractivity contribution in [2.24, 2.45) is 0 Å². The van der Waals surface area contributed by atoms with Crippen molar-refractivity contribution in [1.29, 1.82) is 0 Å². The molecule has 0 atom stereocenters. The largest absolute Gasteiger partial charge is 0.493 e. The number of hydrogen-bond donors (Lipinski definition) is 0. The molecule has 0 bridgehead atoms. The molecular weight excluding hydrogens is 228 g/mol. The predicted molar refractivity (Wildman–Crippen MR) is 59.0 cm³/mol. The monoisotopic (exact) mass is 241 g/mol. The highest BCUT2D eigenvalue weighted by molar-refractivity contribution is 9.10. The molecule has 1 nitrogen and oxygen atoms in total. The van der Waals surface area contributed by atoms with Gasteiger partial charge in [-0.25, -0.2) is 0 Å². The maximum Gasteiger partial charge on any atom is 0.133 e. The Bertz CT molecular complexity index is 281. The lowest BCUT2D eigenvalue weighted by molar-refractivity contribution is 0.338. The van der Waals surface area contributed by atoms with E-state index in [2.05, 4.69) is 41.9 Å². The lowest BCUT2D eigenvalue weighted by atomic mass is 10.0. The van der Waals surface area contributed by atoms with Crippen LogP contribution < -0.4 is 4.74 Å². The van der Waals surface area contributed by atoms with Crippen molar-refractivity contribution in [3.05, 3.63) is 34.2 Å². The van der Waals surface area contributed by atoms with Crippen molar-refractivity contribution in [1.82, 2.24) is 0 Å². The number of hydrogen-bond acceptors (Lipinski definition) is 1. The highest BCUT2D eigenvalue weighted by atomic mass is 79.9. The first kappa shape index (κ1) is 10.6. The van der Waals surface area contributed by atoms with Crippen LogP contribution in [0.3, 0.4) is 0 Å². The van der Waals surface area contributed by atoms with E-state index >= 15 is 0 Å². The van der Waals surface area contributed by atoms with Gasteiger partial charge in [-0.15, -0.1) is 0 Å². The van der Waals surface area contributed by atoms with Gasteiger partial charge in [-0.1, -0.05) is 19.9 Å². The third kappa shape index (κ3) is 2.73. The number of halogens is 1. The Morgan fingerprint density at radius 3 is 2.62 bits per heavy atom. The molecule has 13 heavy (non-hydrogen) atoms. The summed E-state index contributed by atoms with van der Waals surface area (Å²) in [6, 6.07) is 6.16. The van der Waals surface area contributed by atoms with Crippen LogP contribution >= 0.6 is 15.9 Å². The van der Waals surface area contributed by atoms with Crippen LogP contribution in [0.5, 0.6) is 5.75 Å². The molecule has 0 aliphatic rings. The van der Waals surface area contributed by atoms with Crippen molar-refractivity contribution in [3.8, 4) is 5.75 Å². The molecule has 71 valence electrons. The second-order valence-corrected chi connectivity index (χ2v) is 3.93. The highest BCUT2D eigenvalue weighted by Crippen LogP contribution is 2.28. The fourth-order valence-corrected chi connectivity index (χ4v) is 1.44. The zero-order chi connectivity index (χ0) is 9.84. The molecule has 0 aliphatic heterocycles. The molecule has 0 saturated heterocycles. The second kappa shape index (κ2) is 4.66. The number of benzene rings is 1. The molecule has 0 heterocycles. The van der Waals surface area contributed by atoms with E-state index in [0.717, 1.165) is 10.2 Å². The van der Waals surface area contributed by atoms with Crippen LogP contribution in [-0.2, 0) is 0 Å². The first-order chi connectivity index (χ1) is 6.15. The molecule has 1 radical (unpaired) electrons. The van der Waals surface area contributed by atoms with Gasteiger partial charge in [0.05, 0.1) is 11.1 Å². The lowest BCUT2D eigenvalue weighted by Gasteiger charge is -2.10. The molecule has 0 aliphatic carbocycles. The van der Waals surface area contributed by atoms with Crippen molar-refractivity contribution < 1.29 is 4.74 Å². The zero-order valence-electron chi connectivity index (χ0n) is 8.23. The molecule has 0 aromatic heterocycles. The summed E-state index contributed by atoms with van der Waals surface area (Å²) in [7, 11) is 0. The molecule has 0 amide bonds. The minimum Gasteiger partial charge on any atom is -0.493 e. The van der Waals surface area contributed by atoms with Crippen LogP contribution in [0.15, 0.2) is 22.7 Å². The zero-order valence-corrected chi connectivity index (χ0v) is 9.81. The maximum absolute atomic E-state index is 5.47. The Hall–Kier alpha value is -0.500. The van der Waals surface area contributed by atoms with E-state index < -0.39 is 0 Å². The minimum absolute atomic E-state index is 0.699. The molecule has 1 rings (SSSR count). The van der Waals surface area contributed by atoms with E-state index in [1.54, 1.807) is 0 Å². The quantitative estimate of drug-likeness (QED) is 0.783. The summed E-state index contributed by atoms with van der Waals surface area (Å²) < 4.78 is 6.48. The molecule has 0 saturated carbocycles. The summed E-state index contributed by atoms with van der Waals surface area (Å²) in [5.41, 5.74) is 1.23. The van der Waals surface area contributed by atoms with Gasteiger partial charge in [-0.3, -0.25) is 0 Å². The van der Waals surface area contributed by atoms with E-state index in [0.29, 0.717) is 6.61 Å². The predicted octanol–water partition coefficient (Wildman–Crippen LogP) is 3.81. The fourth-order valence-electron chi connectivity index (χ4n) is 1.08. The summed E-state index contributed by atoms with van der Waals surface area (Å²) in [5.74, 6) is 2.22. The number of rotatable bonds is 3. The van der Waals surface area contributed by atoms with E-state index in [4.69, 9.17) is 4.74 Å². The second-order valence-electron chi connectivity index (χ2n) is 3.08. The summed E-state index contributed by atoms with van der Waals surface area (Å²) in [5, 5.41) is 0. The van der Waals surface area contributed by atoms with Crippen LogP contribution in [0.25, 0.3) is 0 Å². The van der Waals surface area contributed by atoms with Gasteiger partial charge in [0, 0.05) is 0 Å². The van der Waals surface area contributed by atoms with Crippen LogP contribution in [0, 0.1) is 5.92 Å². The lowest BCUT2D eigenvalue weighted by Crippen LogP contribution is -1.95. The molecule has 0 spiro atoms. The highest BCUT2D eigenvalue weighted by Gasteiger charge is 2.04. The molecule has 1 aromatic carbocycles. The Kier molecular flexibility index (Phi) is 3.79. The summed E-state index contributed by atoms with van der Waals surface area (Å²) in [6.45, 7) is 6.88. The molecule has 0 unspecified atom stereocenters. The first-order valence-corrected chi connectivity index (χ1v) is 5.17. The van der Waals surface area contributed by atoms with Gasteiger partial charge >= 0.3 is 0 Å². The SMILES string of the molecule is CCOc1cc([C](C)C)ccc1Br. The summed E-state index contributed by atoms with van der Waals surface area (Å²) in [6.07, 6.45) is 0. The standard InChI is InChI=1S/C11H14BrO/c1-4-13-11-7-9(8(2)3)5-6-10(11)12/h5-7H,4H2,1-3H3. The van der Waals surface area contributed by atoms with Crippen molar-refractivity contribution in [2.75, 3.05) is 6.61 Å². The summed E-state index contributed by atoms with van der Waals surface area (Å²) in [4.78, 5) is 0. The Labute approximate surface area is 88.2 Å². The minimum atomic E-state index is 0.699. The van der Waals surface area contributed by atoms with Gasteiger partial charge in [-0.2, -0.15) is 0 Å². The Morgan fingerprint density at radius 1 is 1.38 bits per heavy atom. The van der Waals surface area contributed by atoms with Crippen LogP contribution in [0.1, 0.15) is 26.3 Å². The van der Waals surface area contributed by atoms with Crippen LogP contribution in [0.4, 0.5) is 0 Å². The van der Waals surface area contributed by atoms with Crippen molar-refractivity contribution in [3.63, 3.8) is 0 Å². The number of ether oxygens (including phenoxy) is 1. The third-order valence-corrected chi connectivity index (χ3v) is 2.46. The van der Waals surface area contributed by atoms with Gasteiger partial charge in [0.15, 0.2) is 0 Å². The van der Waals surface area contributed by atoms with Gasteiger partial charge in [-0.05, 0) is 46.5 Å². The topological polar surface area (TPSA) is 9.23 Å². The van der Waals surface area contributed by atoms with Crippen molar-refractivity contribution >= 4 is 15.9 Å². The van der Waals surface area contributed by atoms with Gasteiger partial charge in [0.25, 0.3) is 0 Å². The fraction of sp³-hybridized carbons (Fsp3) is 0.364. The Balaban J connectivity index is 2.97. The van der Waals surface area contributed by atoms with Gasteiger partial charge in [0.1, 0.15) is 5.75 Å². The Morgan fingerprint density at radius 2 is 2.08 bits per heavy atom. The van der Waals surface area contributed by atoms with E-state index in [1.165, 1.54) is 11.5 Å². The first-order valence-electron chi connectivity index (χ1n) is 4.38. The smallest absolute Gasteiger partial charge is 0.133 e. The third-order valence-electron chi connectivity index (χ3n) is 1.81. The van der Waals surface area contributed by atoms with Crippen LogP contribution in [-0.4, -0.2) is 6.61 Å². The van der Waals surface area contributed by atoms with Crippen LogP contribution in [0.2, 0.25) is 0 Å². The van der Waals surface area contributed by atoms with E-state index in [9.17, 15) is 0 Å². The van der Waals surface area contributed by atoms with E-state index in [1.807, 2.05) is 13.0 Å². The maximum atomic E-state index is 5.47. The summed E-state index contributed by atoms with van der Waals surface area (Å²) >= 11 is 3.45. The van der Waals surface area contributed by atoms with Gasteiger partial charge in [0.2, 0.25) is 0 Å². The molecule has 0 fully saturated rings. The average Bonchev–Trinajstić information content (AvgIpc) is 2.08. The molecule has 1 aromatic rings. The van der Waals surface area contributed by atoms with E-state index in [-0.39, 0.29) is 0 Å². The normalized spacial score (nSPS) is 10.5. The van der Waals surface area contributed by atoms with Gasteiger partial charge < -0.3 is 4.74 Å². The molecular formula is C11H14BrO.